The normalized spacial score (nSPS) is 9.93. The van der Waals surface area contributed by atoms with E-state index in [0.717, 1.165) is 11.1 Å². The van der Waals surface area contributed by atoms with E-state index in [1.165, 1.54) is 5.56 Å². The molecular weight excluding hydrogens is 176 g/mol. The van der Waals surface area contributed by atoms with Crippen LogP contribution in [0.5, 0.6) is 0 Å². The summed E-state index contributed by atoms with van der Waals surface area (Å²) in [5.41, 5.74) is 3.95. The van der Waals surface area contributed by atoms with Gasteiger partial charge < -0.3 is 4.79 Å². The first-order chi connectivity index (χ1) is 6.57. The quantitative estimate of drug-likeness (QED) is 0.416. The summed E-state index contributed by atoms with van der Waals surface area (Å²) < 4.78 is 0. The molecule has 0 aliphatic rings. The molecule has 14 heavy (non-hydrogen) atoms. The van der Waals surface area contributed by atoms with E-state index in [1.54, 1.807) is 6.07 Å². The molecule has 0 radical (unpaired) electrons. The summed E-state index contributed by atoms with van der Waals surface area (Å²) in [5.74, 6) is -0.0967. The fourth-order valence-corrected chi connectivity index (χ4v) is 1.44. The number of carbonyl (C=O) groups excluding carboxylic acids is 2. The number of hydrogen-bond donors (Lipinski definition) is 0. The van der Waals surface area contributed by atoms with Gasteiger partial charge in [0.2, 0.25) is 0 Å². The van der Waals surface area contributed by atoms with E-state index >= 15 is 0 Å². The molecule has 0 saturated heterocycles. The van der Waals surface area contributed by atoms with Gasteiger partial charge in [-0.05, 0) is 37.5 Å². The van der Waals surface area contributed by atoms with Crippen molar-refractivity contribution in [1.29, 1.82) is 0 Å². The van der Waals surface area contributed by atoms with Crippen LogP contribution >= 0.6 is 0 Å². The van der Waals surface area contributed by atoms with Crippen LogP contribution in [0.15, 0.2) is 12.1 Å². The Bertz CT molecular complexity index is 378. The van der Waals surface area contributed by atoms with Gasteiger partial charge in [-0.15, -0.1) is 0 Å². The van der Waals surface area contributed by atoms with Crippen LogP contribution in [-0.4, -0.2) is 12.1 Å². The van der Waals surface area contributed by atoms with Gasteiger partial charge in [-0.3, -0.25) is 4.79 Å². The fourth-order valence-electron chi connectivity index (χ4n) is 1.44. The van der Waals surface area contributed by atoms with Crippen molar-refractivity contribution in [3.05, 3.63) is 34.4 Å². The van der Waals surface area contributed by atoms with Crippen LogP contribution in [0.4, 0.5) is 0 Å². The van der Waals surface area contributed by atoms with Crippen LogP contribution in [0.2, 0.25) is 0 Å². The van der Waals surface area contributed by atoms with Gasteiger partial charge >= 0.3 is 0 Å². The molecule has 0 spiro atoms. The molecule has 0 aliphatic heterocycles. The van der Waals surface area contributed by atoms with Gasteiger partial charge in [-0.25, -0.2) is 0 Å². The lowest BCUT2D eigenvalue weighted by molar-refractivity contribution is -0.107. The zero-order chi connectivity index (χ0) is 10.7. The smallest absolute Gasteiger partial charge is 0.170 e. The van der Waals surface area contributed by atoms with Gasteiger partial charge in [0.15, 0.2) is 5.78 Å². The maximum Gasteiger partial charge on any atom is 0.170 e. The van der Waals surface area contributed by atoms with Gasteiger partial charge in [-0.2, -0.15) is 0 Å². The zero-order valence-corrected chi connectivity index (χ0v) is 8.76. The highest BCUT2D eigenvalue weighted by Gasteiger charge is 2.10. The van der Waals surface area contributed by atoms with Crippen LogP contribution < -0.4 is 0 Å². The van der Waals surface area contributed by atoms with Crippen molar-refractivity contribution in [3.8, 4) is 0 Å². The Morgan fingerprint density at radius 1 is 1.21 bits per heavy atom. The van der Waals surface area contributed by atoms with Crippen molar-refractivity contribution in [2.75, 3.05) is 0 Å². The molecule has 0 unspecified atom stereocenters. The van der Waals surface area contributed by atoms with E-state index in [0.29, 0.717) is 11.8 Å². The SMILES string of the molecule is Cc1ccc(C(=O)CC=O)c(C)c1C. The highest BCUT2D eigenvalue weighted by molar-refractivity contribution is 6.03. The Labute approximate surface area is 83.9 Å². The maximum absolute atomic E-state index is 11.5. The number of carbonyl (C=O) groups is 2. The van der Waals surface area contributed by atoms with Crippen LogP contribution in [-0.2, 0) is 4.79 Å². The lowest BCUT2D eigenvalue weighted by atomic mass is 9.95. The van der Waals surface area contributed by atoms with E-state index in [2.05, 4.69) is 0 Å². The minimum atomic E-state index is -0.0967. The van der Waals surface area contributed by atoms with Crippen LogP contribution in [0.25, 0.3) is 0 Å². The monoisotopic (exact) mass is 190 g/mol. The molecule has 0 bridgehead atoms. The Hall–Kier alpha value is -1.44. The number of aldehydes is 1. The van der Waals surface area contributed by atoms with Crippen LogP contribution in [0, 0.1) is 20.8 Å². The molecular formula is C12H14O2. The maximum atomic E-state index is 11.5. The molecule has 1 aromatic carbocycles. The fraction of sp³-hybridized carbons (Fsp3) is 0.333. The van der Waals surface area contributed by atoms with E-state index in [-0.39, 0.29) is 12.2 Å². The second-order valence-electron chi connectivity index (χ2n) is 3.47. The lowest BCUT2D eigenvalue weighted by Gasteiger charge is -2.08. The van der Waals surface area contributed by atoms with Crippen molar-refractivity contribution in [3.63, 3.8) is 0 Å². The predicted molar refractivity (Wildman–Crippen MR) is 55.7 cm³/mol. The summed E-state index contributed by atoms with van der Waals surface area (Å²) in [6.07, 6.45) is 0.625. The van der Waals surface area contributed by atoms with Crippen molar-refractivity contribution < 1.29 is 9.59 Å². The standard InChI is InChI=1S/C12H14O2/c1-8-4-5-11(10(3)9(8)2)12(14)6-7-13/h4-5,7H,6H2,1-3H3. The lowest BCUT2D eigenvalue weighted by Crippen LogP contribution is -2.04. The van der Waals surface area contributed by atoms with Crippen molar-refractivity contribution in [1.82, 2.24) is 0 Å². The van der Waals surface area contributed by atoms with E-state index < -0.39 is 0 Å². The number of aryl methyl sites for hydroxylation is 1. The number of Topliss-reactive ketones (excluding diaryl/α,β-unsaturated/α-hetero) is 1. The van der Waals surface area contributed by atoms with E-state index in [4.69, 9.17) is 0 Å². The molecule has 0 saturated carbocycles. The average molecular weight is 190 g/mol. The van der Waals surface area contributed by atoms with Crippen molar-refractivity contribution in [2.24, 2.45) is 0 Å². The Kier molecular flexibility index (Phi) is 3.18. The first-order valence-corrected chi connectivity index (χ1v) is 4.61. The first kappa shape index (κ1) is 10.6. The molecule has 2 heteroatoms. The summed E-state index contributed by atoms with van der Waals surface area (Å²) in [4.78, 5) is 21.7. The molecule has 1 rings (SSSR count). The van der Waals surface area contributed by atoms with Crippen molar-refractivity contribution in [2.45, 2.75) is 27.2 Å². The number of benzene rings is 1. The third kappa shape index (κ3) is 1.90. The molecule has 2 nitrogen and oxygen atoms in total. The van der Waals surface area contributed by atoms with E-state index in [9.17, 15) is 9.59 Å². The number of hydrogen-bond acceptors (Lipinski definition) is 2. The molecule has 1 aromatic rings. The molecule has 0 atom stereocenters. The topological polar surface area (TPSA) is 34.1 Å². The van der Waals surface area contributed by atoms with Gasteiger partial charge in [-0.1, -0.05) is 12.1 Å². The molecule has 0 N–H and O–H groups in total. The molecule has 0 aliphatic carbocycles. The minimum Gasteiger partial charge on any atom is -0.303 e. The van der Waals surface area contributed by atoms with E-state index in [1.807, 2.05) is 26.8 Å². The van der Waals surface area contributed by atoms with Crippen LogP contribution in [0.3, 0.4) is 0 Å². The van der Waals surface area contributed by atoms with Gasteiger partial charge in [0.1, 0.15) is 6.29 Å². The third-order valence-corrected chi connectivity index (χ3v) is 2.63. The second kappa shape index (κ2) is 4.18. The number of rotatable bonds is 3. The predicted octanol–water partition coefficient (Wildman–Crippen LogP) is 2.38. The largest absolute Gasteiger partial charge is 0.303 e. The summed E-state index contributed by atoms with van der Waals surface area (Å²) in [7, 11) is 0. The van der Waals surface area contributed by atoms with Crippen LogP contribution in [0.1, 0.15) is 33.5 Å². The molecule has 74 valence electrons. The highest BCUT2D eigenvalue weighted by atomic mass is 16.1. The first-order valence-electron chi connectivity index (χ1n) is 4.61. The third-order valence-electron chi connectivity index (χ3n) is 2.63. The molecule has 0 aromatic heterocycles. The second-order valence-corrected chi connectivity index (χ2v) is 3.47. The summed E-state index contributed by atoms with van der Waals surface area (Å²) in [5, 5.41) is 0. The minimum absolute atomic E-state index is 0.0245. The summed E-state index contributed by atoms with van der Waals surface area (Å²) in [6, 6.07) is 3.71. The molecule has 0 heterocycles. The average Bonchev–Trinajstić information content (AvgIpc) is 2.15. The van der Waals surface area contributed by atoms with Crippen molar-refractivity contribution >= 4 is 12.1 Å². The van der Waals surface area contributed by atoms with Gasteiger partial charge in [0.05, 0.1) is 6.42 Å². The number of ketones is 1. The summed E-state index contributed by atoms with van der Waals surface area (Å²) >= 11 is 0. The zero-order valence-electron chi connectivity index (χ0n) is 8.76. The highest BCUT2D eigenvalue weighted by Crippen LogP contribution is 2.18. The molecule has 0 amide bonds. The molecule has 0 fully saturated rings. The summed E-state index contributed by atoms with van der Waals surface area (Å²) in [6.45, 7) is 5.92. The van der Waals surface area contributed by atoms with Gasteiger partial charge in [0, 0.05) is 5.56 Å². The Morgan fingerprint density at radius 3 is 2.43 bits per heavy atom. The van der Waals surface area contributed by atoms with Gasteiger partial charge in [0.25, 0.3) is 0 Å². The Morgan fingerprint density at radius 2 is 1.86 bits per heavy atom. The Balaban J connectivity index is 3.17.